The zero-order chi connectivity index (χ0) is 21.5. The van der Waals surface area contributed by atoms with Crippen molar-refractivity contribution in [3.63, 3.8) is 0 Å². The molecule has 4 rings (SSSR count). The van der Waals surface area contributed by atoms with Gasteiger partial charge in [0.2, 0.25) is 0 Å². The third-order valence-electron chi connectivity index (χ3n) is 7.56. The molecule has 2 nitrogen and oxygen atoms in total. The smallest absolute Gasteiger partial charge is 0.0611 e. The SMILES string of the molecule is Cc1cccc(CCC=C[C@@H]2[C@H]3CC(CCSCCN4CCCCC4)=C[C@H]3C[C@H]2O)c1. The van der Waals surface area contributed by atoms with Crippen LogP contribution >= 0.6 is 11.8 Å². The van der Waals surface area contributed by atoms with E-state index in [9.17, 15) is 5.11 Å². The maximum atomic E-state index is 10.6. The van der Waals surface area contributed by atoms with Gasteiger partial charge in [0.25, 0.3) is 0 Å². The summed E-state index contributed by atoms with van der Waals surface area (Å²) in [6, 6.07) is 8.81. The standard InChI is InChI=1S/C28H41NOS/c1-22-8-7-10-23(18-22)9-3-4-11-26-27-20-24(19-25(27)21-28(26)30)12-16-31-17-15-29-13-5-2-6-14-29/h4,7-8,10-11,18-19,25-28,30H,2-3,5-6,9,12-17,20-21H2,1H3/t25-,26+,27-,28+/m0/s1. The Morgan fingerprint density at radius 3 is 2.84 bits per heavy atom. The summed E-state index contributed by atoms with van der Waals surface area (Å²) in [5, 5.41) is 10.6. The molecule has 2 aliphatic carbocycles. The molecule has 1 aromatic rings. The number of fused-ring (bicyclic) bond motifs is 1. The number of piperidine rings is 1. The predicted molar refractivity (Wildman–Crippen MR) is 135 cm³/mol. The summed E-state index contributed by atoms with van der Waals surface area (Å²) in [7, 11) is 0. The fraction of sp³-hybridized carbons (Fsp3) is 0.643. The number of benzene rings is 1. The summed E-state index contributed by atoms with van der Waals surface area (Å²) < 4.78 is 0. The molecule has 170 valence electrons. The van der Waals surface area contributed by atoms with Crippen LogP contribution in [0.25, 0.3) is 0 Å². The van der Waals surface area contributed by atoms with E-state index < -0.39 is 0 Å². The number of rotatable bonds is 10. The number of aryl methyl sites for hydroxylation is 2. The number of aliphatic hydroxyl groups excluding tert-OH is 1. The molecule has 31 heavy (non-hydrogen) atoms. The molecule has 1 aromatic carbocycles. The van der Waals surface area contributed by atoms with Gasteiger partial charge in [-0.3, -0.25) is 0 Å². The van der Waals surface area contributed by atoms with E-state index in [0.29, 0.717) is 17.8 Å². The lowest BCUT2D eigenvalue weighted by atomic mass is 9.89. The minimum atomic E-state index is -0.151. The number of thioether (sulfide) groups is 1. The Morgan fingerprint density at radius 1 is 1.13 bits per heavy atom. The molecule has 4 atom stereocenters. The van der Waals surface area contributed by atoms with Crippen molar-refractivity contribution in [2.24, 2.45) is 17.8 Å². The van der Waals surface area contributed by atoms with Crippen LogP contribution in [-0.4, -0.2) is 47.3 Å². The first kappa shape index (κ1) is 23.1. The van der Waals surface area contributed by atoms with Crippen molar-refractivity contribution in [2.75, 3.05) is 31.1 Å². The van der Waals surface area contributed by atoms with E-state index >= 15 is 0 Å². The number of likely N-dealkylation sites (tertiary alicyclic amines) is 1. The summed E-state index contributed by atoms with van der Waals surface area (Å²) in [5.74, 6) is 4.14. The first-order valence-corrected chi connectivity index (χ1v) is 13.7. The highest BCUT2D eigenvalue weighted by Crippen LogP contribution is 2.48. The van der Waals surface area contributed by atoms with Crippen LogP contribution in [-0.2, 0) is 6.42 Å². The van der Waals surface area contributed by atoms with E-state index in [-0.39, 0.29) is 6.10 Å². The number of hydrogen-bond donors (Lipinski definition) is 1. The van der Waals surface area contributed by atoms with Crippen LogP contribution in [0.3, 0.4) is 0 Å². The zero-order valence-corrected chi connectivity index (χ0v) is 20.2. The van der Waals surface area contributed by atoms with Gasteiger partial charge in [0, 0.05) is 18.2 Å². The van der Waals surface area contributed by atoms with Crippen molar-refractivity contribution in [2.45, 2.75) is 64.4 Å². The van der Waals surface area contributed by atoms with E-state index in [1.165, 1.54) is 74.4 Å². The van der Waals surface area contributed by atoms with Gasteiger partial charge in [0.1, 0.15) is 0 Å². The van der Waals surface area contributed by atoms with Gasteiger partial charge in [-0.05, 0) is 88.1 Å². The van der Waals surface area contributed by atoms with Gasteiger partial charge in [-0.2, -0.15) is 11.8 Å². The predicted octanol–water partition coefficient (Wildman–Crippen LogP) is 6.04. The van der Waals surface area contributed by atoms with Gasteiger partial charge in [-0.1, -0.05) is 60.1 Å². The number of hydrogen-bond acceptors (Lipinski definition) is 3. The van der Waals surface area contributed by atoms with Crippen molar-refractivity contribution in [1.29, 1.82) is 0 Å². The first-order chi connectivity index (χ1) is 15.2. The maximum Gasteiger partial charge on any atom is 0.0611 e. The Kier molecular flexibility index (Phi) is 8.75. The Balaban J connectivity index is 1.16. The third kappa shape index (κ3) is 6.73. The van der Waals surface area contributed by atoms with Crippen LogP contribution in [0.4, 0.5) is 0 Å². The Labute approximate surface area is 194 Å². The summed E-state index contributed by atoms with van der Waals surface area (Å²) in [4.78, 5) is 2.65. The summed E-state index contributed by atoms with van der Waals surface area (Å²) in [6.07, 6.45) is 16.8. The largest absolute Gasteiger partial charge is 0.392 e. The van der Waals surface area contributed by atoms with Crippen molar-refractivity contribution < 1.29 is 5.11 Å². The molecule has 0 aromatic heterocycles. The quantitative estimate of drug-likeness (QED) is 0.355. The van der Waals surface area contributed by atoms with Crippen molar-refractivity contribution in [3.8, 4) is 0 Å². The normalized spacial score (nSPS) is 28.9. The summed E-state index contributed by atoms with van der Waals surface area (Å²) in [6.45, 7) is 6.07. The van der Waals surface area contributed by atoms with Crippen LogP contribution in [0.5, 0.6) is 0 Å². The third-order valence-corrected chi connectivity index (χ3v) is 8.52. The maximum absolute atomic E-state index is 10.6. The fourth-order valence-electron chi connectivity index (χ4n) is 5.84. The molecule has 0 amide bonds. The van der Waals surface area contributed by atoms with Crippen LogP contribution in [0.15, 0.2) is 48.1 Å². The number of aliphatic hydroxyl groups is 1. The zero-order valence-electron chi connectivity index (χ0n) is 19.3. The van der Waals surface area contributed by atoms with Gasteiger partial charge in [0.05, 0.1) is 6.10 Å². The average Bonchev–Trinajstić information content (AvgIpc) is 3.28. The number of nitrogens with zero attached hydrogens (tertiary/aromatic N) is 1. The number of allylic oxidation sites excluding steroid dienone is 3. The van der Waals surface area contributed by atoms with E-state index in [4.69, 9.17) is 0 Å². The molecular formula is C28H41NOS. The second-order valence-corrected chi connectivity index (χ2v) is 11.2. The lowest BCUT2D eigenvalue weighted by Crippen LogP contribution is -2.31. The van der Waals surface area contributed by atoms with Crippen molar-refractivity contribution in [3.05, 3.63) is 59.2 Å². The van der Waals surface area contributed by atoms with Gasteiger partial charge >= 0.3 is 0 Å². The lowest BCUT2D eigenvalue weighted by Gasteiger charge is -2.26. The van der Waals surface area contributed by atoms with Gasteiger partial charge in [-0.15, -0.1) is 0 Å². The highest BCUT2D eigenvalue weighted by molar-refractivity contribution is 7.99. The van der Waals surface area contributed by atoms with Gasteiger partial charge in [-0.25, -0.2) is 0 Å². The highest BCUT2D eigenvalue weighted by Gasteiger charge is 2.43. The molecular weight excluding hydrogens is 398 g/mol. The topological polar surface area (TPSA) is 23.5 Å². The van der Waals surface area contributed by atoms with Crippen LogP contribution in [0.2, 0.25) is 0 Å². The highest BCUT2D eigenvalue weighted by atomic mass is 32.2. The molecule has 0 radical (unpaired) electrons. The molecule has 2 fully saturated rings. The van der Waals surface area contributed by atoms with E-state index in [1.54, 1.807) is 5.57 Å². The molecule has 1 N–H and O–H groups in total. The minimum absolute atomic E-state index is 0.151. The summed E-state index contributed by atoms with van der Waals surface area (Å²) in [5.41, 5.74) is 4.41. The van der Waals surface area contributed by atoms with Crippen LogP contribution < -0.4 is 0 Å². The van der Waals surface area contributed by atoms with E-state index in [0.717, 1.165) is 19.3 Å². The van der Waals surface area contributed by atoms with Gasteiger partial charge in [0.15, 0.2) is 0 Å². The van der Waals surface area contributed by atoms with Crippen LogP contribution in [0, 0.1) is 24.7 Å². The molecule has 0 spiro atoms. The monoisotopic (exact) mass is 439 g/mol. The molecule has 3 heteroatoms. The molecule has 1 saturated heterocycles. The van der Waals surface area contributed by atoms with E-state index in [2.05, 4.69) is 66.1 Å². The molecule has 0 unspecified atom stereocenters. The molecule has 1 aliphatic heterocycles. The molecule has 3 aliphatic rings. The lowest BCUT2D eigenvalue weighted by molar-refractivity contribution is 0.141. The Hall–Kier alpha value is -1.03. The second-order valence-electron chi connectivity index (χ2n) is 9.96. The second kappa shape index (κ2) is 11.7. The fourth-order valence-corrected chi connectivity index (χ4v) is 6.84. The molecule has 0 bridgehead atoms. The first-order valence-electron chi connectivity index (χ1n) is 12.6. The minimum Gasteiger partial charge on any atom is -0.392 e. The summed E-state index contributed by atoms with van der Waals surface area (Å²) >= 11 is 2.13. The van der Waals surface area contributed by atoms with Crippen molar-refractivity contribution in [1.82, 2.24) is 4.90 Å². The van der Waals surface area contributed by atoms with Gasteiger partial charge < -0.3 is 10.0 Å². The Bertz CT molecular complexity index is 751. The van der Waals surface area contributed by atoms with Crippen LogP contribution in [0.1, 0.15) is 56.1 Å². The Morgan fingerprint density at radius 2 is 2.00 bits per heavy atom. The molecule has 1 heterocycles. The average molecular weight is 440 g/mol. The van der Waals surface area contributed by atoms with E-state index in [1.807, 2.05) is 0 Å². The van der Waals surface area contributed by atoms with Crippen molar-refractivity contribution >= 4 is 11.8 Å². The molecule has 1 saturated carbocycles.